The highest BCUT2D eigenvalue weighted by atomic mass is 16.5. The topological polar surface area (TPSA) is 60.6 Å². The van der Waals surface area contributed by atoms with Crippen LogP contribution in [-0.2, 0) is 0 Å². The second-order valence-corrected chi connectivity index (χ2v) is 7.95. The number of para-hydroxylation sites is 2. The van der Waals surface area contributed by atoms with Gasteiger partial charge in [0, 0.05) is 42.3 Å². The van der Waals surface area contributed by atoms with Crippen LogP contribution < -0.4 is 15.0 Å². The first kappa shape index (κ1) is 18.6. The Balaban J connectivity index is 1.34. The number of H-pyrrole nitrogens is 1. The van der Waals surface area contributed by atoms with Crippen molar-refractivity contribution in [2.45, 2.75) is 13.3 Å². The van der Waals surface area contributed by atoms with Crippen LogP contribution in [0.5, 0.6) is 5.75 Å². The molecule has 2 aliphatic rings. The van der Waals surface area contributed by atoms with Crippen LogP contribution >= 0.6 is 0 Å². The van der Waals surface area contributed by atoms with Gasteiger partial charge in [-0.2, -0.15) is 0 Å². The zero-order chi connectivity index (χ0) is 20.7. The van der Waals surface area contributed by atoms with Crippen LogP contribution in [0.3, 0.4) is 0 Å². The Bertz CT molecular complexity index is 1150. The Labute approximate surface area is 176 Å². The number of urea groups is 1. The number of carbonyl (C=O) groups excluding carboxylic acids is 1. The molecule has 0 atom stereocenters. The van der Waals surface area contributed by atoms with Crippen molar-refractivity contribution in [3.05, 3.63) is 59.8 Å². The van der Waals surface area contributed by atoms with E-state index < -0.39 is 0 Å². The molecule has 30 heavy (non-hydrogen) atoms. The number of fused-ring (bicyclic) bond motifs is 2. The van der Waals surface area contributed by atoms with Gasteiger partial charge >= 0.3 is 6.03 Å². The van der Waals surface area contributed by atoms with Crippen LogP contribution in [0.25, 0.3) is 16.5 Å². The van der Waals surface area contributed by atoms with Gasteiger partial charge in [0.05, 0.1) is 12.2 Å². The number of aromatic nitrogens is 1. The molecule has 2 N–H and O–H groups in total. The molecule has 6 nitrogen and oxygen atoms in total. The van der Waals surface area contributed by atoms with Crippen molar-refractivity contribution in [3.8, 4) is 5.75 Å². The highest BCUT2D eigenvalue weighted by Gasteiger charge is 2.24. The van der Waals surface area contributed by atoms with Gasteiger partial charge in [-0.05, 0) is 37.1 Å². The number of amides is 2. The Morgan fingerprint density at radius 2 is 2.00 bits per heavy atom. The van der Waals surface area contributed by atoms with Gasteiger partial charge in [0.15, 0.2) is 0 Å². The molecule has 3 aromatic rings. The van der Waals surface area contributed by atoms with Crippen molar-refractivity contribution in [1.82, 2.24) is 9.88 Å². The fourth-order valence-electron chi connectivity index (χ4n) is 4.50. The Hall–Kier alpha value is -3.41. The number of nitrogens with one attached hydrogen (secondary N) is 2. The average molecular weight is 402 g/mol. The second-order valence-electron chi connectivity index (χ2n) is 7.95. The zero-order valence-electron chi connectivity index (χ0n) is 17.4. The van der Waals surface area contributed by atoms with E-state index >= 15 is 0 Å². The second kappa shape index (κ2) is 7.44. The van der Waals surface area contributed by atoms with E-state index in [-0.39, 0.29) is 6.03 Å². The quantitative estimate of drug-likeness (QED) is 0.657. The molecule has 0 fully saturated rings. The summed E-state index contributed by atoms with van der Waals surface area (Å²) in [5.41, 5.74) is 6.66. The molecule has 2 aromatic carbocycles. The number of hydrogen-bond donors (Lipinski definition) is 2. The molecule has 0 radical (unpaired) electrons. The summed E-state index contributed by atoms with van der Waals surface area (Å²) in [5, 5.41) is 4.34. The fourth-order valence-corrected chi connectivity index (χ4v) is 4.50. The molecular weight excluding hydrogens is 376 g/mol. The predicted octanol–water partition coefficient (Wildman–Crippen LogP) is 4.63. The minimum Gasteiger partial charge on any atom is -0.489 e. The number of ether oxygens (including phenoxy) is 1. The number of likely N-dealkylation sites (N-methyl/N-ethyl adjacent to an activating group) is 1. The van der Waals surface area contributed by atoms with Crippen molar-refractivity contribution in [1.29, 1.82) is 0 Å². The van der Waals surface area contributed by atoms with Crippen molar-refractivity contribution in [2.24, 2.45) is 0 Å². The molecule has 5 rings (SSSR count). The van der Waals surface area contributed by atoms with Crippen LogP contribution in [0.2, 0.25) is 0 Å². The lowest BCUT2D eigenvalue weighted by Gasteiger charge is -2.31. The third kappa shape index (κ3) is 3.18. The summed E-state index contributed by atoms with van der Waals surface area (Å²) in [7, 11) is 2.02. The van der Waals surface area contributed by atoms with Crippen LogP contribution in [0.15, 0.2) is 48.5 Å². The Morgan fingerprint density at radius 3 is 2.83 bits per heavy atom. The summed E-state index contributed by atoms with van der Waals surface area (Å²) in [6, 6.07) is 14.1. The molecule has 0 saturated heterocycles. The van der Waals surface area contributed by atoms with E-state index in [1.54, 1.807) is 0 Å². The molecule has 2 amide bonds. The molecule has 0 bridgehead atoms. The number of aromatic amines is 1. The molecule has 3 heterocycles. The summed E-state index contributed by atoms with van der Waals surface area (Å²) in [6.45, 7) is 4.87. The van der Waals surface area contributed by atoms with E-state index in [9.17, 15) is 4.79 Å². The van der Waals surface area contributed by atoms with E-state index in [1.807, 2.05) is 36.2 Å². The monoisotopic (exact) mass is 402 g/mol. The minimum atomic E-state index is -0.0756. The maximum atomic E-state index is 13.0. The highest BCUT2D eigenvalue weighted by molar-refractivity contribution is 5.97. The van der Waals surface area contributed by atoms with Crippen molar-refractivity contribution in [3.63, 3.8) is 0 Å². The van der Waals surface area contributed by atoms with Gasteiger partial charge in [-0.3, -0.25) is 0 Å². The molecule has 1 aromatic heterocycles. The zero-order valence-corrected chi connectivity index (χ0v) is 17.4. The minimum absolute atomic E-state index is 0.0756. The summed E-state index contributed by atoms with van der Waals surface area (Å²) in [4.78, 5) is 20.4. The standard InChI is InChI=1S/C24H26N4O2/c1-16-22(18-6-3-4-7-19(18)25-16)17-10-12-28(13-11-17)24(29)26-20-8-5-9-21-23(20)27(2)14-15-30-21/h3-10,25H,11-15H2,1-2H3,(H,26,29). The smallest absolute Gasteiger partial charge is 0.322 e. The summed E-state index contributed by atoms with van der Waals surface area (Å²) in [6.07, 6.45) is 3.02. The third-order valence-electron chi connectivity index (χ3n) is 6.02. The molecule has 2 aliphatic heterocycles. The maximum absolute atomic E-state index is 13.0. The number of hydrogen-bond acceptors (Lipinski definition) is 3. The van der Waals surface area contributed by atoms with Crippen molar-refractivity contribution < 1.29 is 9.53 Å². The van der Waals surface area contributed by atoms with Crippen LogP contribution in [-0.4, -0.2) is 49.2 Å². The summed E-state index contributed by atoms with van der Waals surface area (Å²) < 4.78 is 5.74. The summed E-state index contributed by atoms with van der Waals surface area (Å²) >= 11 is 0. The molecule has 0 unspecified atom stereocenters. The van der Waals surface area contributed by atoms with E-state index in [2.05, 4.69) is 46.4 Å². The van der Waals surface area contributed by atoms with E-state index in [1.165, 1.54) is 22.2 Å². The van der Waals surface area contributed by atoms with Crippen molar-refractivity contribution >= 4 is 33.9 Å². The number of rotatable bonds is 2. The van der Waals surface area contributed by atoms with E-state index in [4.69, 9.17) is 4.74 Å². The molecule has 154 valence electrons. The normalized spacial score (nSPS) is 16.1. The van der Waals surface area contributed by atoms with Crippen LogP contribution in [0.4, 0.5) is 16.2 Å². The molecular formula is C24H26N4O2. The number of anilines is 2. The molecule has 0 aliphatic carbocycles. The maximum Gasteiger partial charge on any atom is 0.322 e. The van der Waals surface area contributed by atoms with Gasteiger partial charge in [-0.25, -0.2) is 4.79 Å². The first-order chi connectivity index (χ1) is 14.6. The predicted molar refractivity (Wildman–Crippen MR) is 121 cm³/mol. The number of aryl methyl sites for hydroxylation is 1. The van der Waals surface area contributed by atoms with Gasteiger partial charge < -0.3 is 24.8 Å². The van der Waals surface area contributed by atoms with Gasteiger partial charge in [-0.15, -0.1) is 0 Å². The number of carbonyl (C=O) groups is 1. The number of benzene rings is 2. The lowest BCUT2D eigenvalue weighted by Crippen LogP contribution is -2.38. The fraction of sp³-hybridized carbons (Fsp3) is 0.292. The lowest BCUT2D eigenvalue weighted by atomic mass is 9.97. The largest absolute Gasteiger partial charge is 0.489 e. The highest BCUT2D eigenvalue weighted by Crippen LogP contribution is 2.38. The van der Waals surface area contributed by atoms with Gasteiger partial charge in [0.1, 0.15) is 18.0 Å². The SMILES string of the molecule is Cc1[nH]c2ccccc2c1C1=CCN(C(=O)Nc2cccc3c2N(C)CCO3)CC1. The van der Waals surface area contributed by atoms with E-state index in [0.29, 0.717) is 19.7 Å². The molecule has 0 saturated carbocycles. The van der Waals surface area contributed by atoms with Crippen LogP contribution in [0, 0.1) is 6.92 Å². The lowest BCUT2D eigenvalue weighted by molar-refractivity contribution is 0.217. The average Bonchev–Trinajstić information content (AvgIpc) is 3.10. The third-order valence-corrected chi connectivity index (χ3v) is 6.02. The Kier molecular flexibility index (Phi) is 4.62. The van der Waals surface area contributed by atoms with Gasteiger partial charge in [-0.1, -0.05) is 30.3 Å². The molecule has 0 spiro atoms. The van der Waals surface area contributed by atoms with Crippen LogP contribution in [0.1, 0.15) is 17.7 Å². The first-order valence-corrected chi connectivity index (χ1v) is 10.4. The summed E-state index contributed by atoms with van der Waals surface area (Å²) in [5.74, 6) is 0.817. The van der Waals surface area contributed by atoms with Gasteiger partial charge in [0.2, 0.25) is 0 Å². The Morgan fingerprint density at radius 1 is 1.13 bits per heavy atom. The number of nitrogens with zero attached hydrogens (tertiary/aromatic N) is 2. The van der Waals surface area contributed by atoms with Crippen molar-refractivity contribution in [2.75, 3.05) is 43.5 Å². The first-order valence-electron chi connectivity index (χ1n) is 10.4. The van der Waals surface area contributed by atoms with E-state index in [0.717, 1.165) is 35.6 Å². The molecule has 6 heteroatoms. The van der Waals surface area contributed by atoms with Gasteiger partial charge in [0.25, 0.3) is 0 Å².